The van der Waals surface area contributed by atoms with Gasteiger partial charge in [0.2, 0.25) is 0 Å². The molecule has 0 bridgehead atoms. The van der Waals surface area contributed by atoms with Crippen molar-refractivity contribution >= 4 is 25.7 Å². The molecule has 0 aliphatic carbocycles. The normalized spacial score (nSPS) is 11.1. The Kier molecular flexibility index (Phi) is 3.36. The number of rotatable bonds is 2. The highest BCUT2D eigenvalue weighted by molar-refractivity contribution is 8.13. The number of hydrogen-bond donors (Lipinski definition) is 0. The van der Waals surface area contributed by atoms with Gasteiger partial charge in [0.1, 0.15) is 4.90 Å². The molecular formula is C9H9ClO4S. The van der Waals surface area contributed by atoms with Gasteiger partial charge in [-0.2, -0.15) is 0 Å². The fourth-order valence-corrected chi connectivity index (χ4v) is 2.08. The molecule has 1 aromatic rings. The fourth-order valence-electron chi connectivity index (χ4n) is 1.04. The molecule has 0 saturated carbocycles. The molecule has 0 aromatic heterocycles. The number of ether oxygens (including phenoxy) is 1. The molecule has 0 N–H and O–H groups in total. The fraction of sp³-hybridized carbons (Fsp3) is 0.222. The number of halogens is 1. The first kappa shape index (κ1) is 12.0. The molecule has 0 unspecified atom stereocenters. The minimum absolute atomic E-state index is 0.0527. The van der Waals surface area contributed by atoms with Gasteiger partial charge in [0, 0.05) is 17.6 Å². The van der Waals surface area contributed by atoms with Crippen LogP contribution in [0.15, 0.2) is 23.1 Å². The summed E-state index contributed by atoms with van der Waals surface area (Å²) in [5, 5.41) is 0. The van der Waals surface area contributed by atoms with Gasteiger partial charge in [0.05, 0.1) is 0 Å². The quantitative estimate of drug-likeness (QED) is 0.455. The smallest absolute Gasteiger partial charge is 0.308 e. The SMILES string of the molecule is CC(=O)Oc1ccc(C)cc1S(=O)(=O)Cl. The second-order valence-corrected chi connectivity index (χ2v) is 5.52. The lowest BCUT2D eigenvalue weighted by Gasteiger charge is -2.06. The Morgan fingerprint density at radius 2 is 2.00 bits per heavy atom. The van der Waals surface area contributed by atoms with Crippen LogP contribution in [0.25, 0.3) is 0 Å². The van der Waals surface area contributed by atoms with Gasteiger partial charge < -0.3 is 4.74 Å². The van der Waals surface area contributed by atoms with E-state index in [9.17, 15) is 13.2 Å². The maximum atomic E-state index is 11.2. The van der Waals surface area contributed by atoms with Crippen LogP contribution in [0.3, 0.4) is 0 Å². The number of hydrogen-bond acceptors (Lipinski definition) is 4. The largest absolute Gasteiger partial charge is 0.425 e. The summed E-state index contributed by atoms with van der Waals surface area (Å²) in [6.07, 6.45) is 0. The molecule has 0 fully saturated rings. The molecule has 0 saturated heterocycles. The highest BCUT2D eigenvalue weighted by Crippen LogP contribution is 2.27. The van der Waals surface area contributed by atoms with Crippen molar-refractivity contribution in [1.29, 1.82) is 0 Å². The van der Waals surface area contributed by atoms with Crippen LogP contribution in [0.2, 0.25) is 0 Å². The summed E-state index contributed by atoms with van der Waals surface area (Å²) in [4.78, 5) is 10.5. The summed E-state index contributed by atoms with van der Waals surface area (Å²) in [7, 11) is 1.29. The van der Waals surface area contributed by atoms with E-state index in [2.05, 4.69) is 0 Å². The molecule has 0 atom stereocenters. The van der Waals surface area contributed by atoms with Crippen LogP contribution in [0.4, 0.5) is 0 Å². The Balaban J connectivity index is 3.33. The van der Waals surface area contributed by atoms with E-state index in [0.717, 1.165) is 0 Å². The Hall–Kier alpha value is -1.07. The standard InChI is InChI=1S/C9H9ClO4S/c1-6-3-4-8(14-7(2)11)9(5-6)15(10,12)13/h3-5H,1-2H3. The zero-order valence-electron chi connectivity index (χ0n) is 8.15. The third-order valence-electron chi connectivity index (χ3n) is 1.62. The van der Waals surface area contributed by atoms with Crippen LogP contribution < -0.4 is 4.74 Å². The lowest BCUT2D eigenvalue weighted by Crippen LogP contribution is -2.05. The highest BCUT2D eigenvalue weighted by atomic mass is 35.7. The Labute approximate surface area is 92.2 Å². The molecule has 15 heavy (non-hydrogen) atoms. The molecule has 0 aliphatic rings. The van der Waals surface area contributed by atoms with Gasteiger partial charge in [-0.3, -0.25) is 4.79 Å². The van der Waals surface area contributed by atoms with E-state index in [1.54, 1.807) is 13.0 Å². The predicted octanol–water partition coefficient (Wildman–Crippen LogP) is 1.85. The summed E-state index contributed by atoms with van der Waals surface area (Å²) in [5.41, 5.74) is 0.713. The van der Waals surface area contributed by atoms with Crippen molar-refractivity contribution in [3.8, 4) is 5.75 Å². The first-order valence-corrected chi connectivity index (χ1v) is 6.35. The van der Waals surface area contributed by atoms with Gasteiger partial charge >= 0.3 is 5.97 Å². The third-order valence-corrected chi connectivity index (χ3v) is 2.96. The van der Waals surface area contributed by atoms with Gasteiger partial charge in [-0.05, 0) is 24.6 Å². The van der Waals surface area contributed by atoms with Gasteiger partial charge in [-0.1, -0.05) is 6.07 Å². The summed E-state index contributed by atoms with van der Waals surface area (Å²) in [6.45, 7) is 2.90. The van der Waals surface area contributed by atoms with Crippen molar-refractivity contribution in [3.05, 3.63) is 23.8 Å². The number of benzene rings is 1. The van der Waals surface area contributed by atoms with Crippen molar-refractivity contribution < 1.29 is 17.9 Å². The number of carbonyl (C=O) groups excluding carboxylic acids is 1. The maximum Gasteiger partial charge on any atom is 0.308 e. The van der Waals surface area contributed by atoms with Crippen molar-refractivity contribution in [2.24, 2.45) is 0 Å². The summed E-state index contributed by atoms with van der Waals surface area (Å²) in [5.74, 6) is -0.650. The first-order valence-electron chi connectivity index (χ1n) is 4.04. The predicted molar refractivity (Wildman–Crippen MR) is 55.5 cm³/mol. The number of esters is 1. The van der Waals surface area contributed by atoms with Gasteiger partial charge in [0.25, 0.3) is 9.05 Å². The Bertz CT molecular complexity index is 493. The van der Waals surface area contributed by atoms with Crippen molar-refractivity contribution in [1.82, 2.24) is 0 Å². The zero-order chi connectivity index (χ0) is 11.6. The van der Waals surface area contributed by atoms with Crippen LogP contribution in [-0.2, 0) is 13.8 Å². The molecule has 1 aromatic carbocycles. The van der Waals surface area contributed by atoms with Crippen molar-refractivity contribution in [3.63, 3.8) is 0 Å². The molecule has 0 amide bonds. The van der Waals surface area contributed by atoms with Gasteiger partial charge in [0.15, 0.2) is 5.75 Å². The van der Waals surface area contributed by atoms with Crippen molar-refractivity contribution in [2.75, 3.05) is 0 Å². The van der Waals surface area contributed by atoms with E-state index in [-0.39, 0.29) is 10.6 Å². The molecule has 1 rings (SSSR count). The molecule has 0 heterocycles. The molecular weight excluding hydrogens is 240 g/mol. The van der Waals surface area contributed by atoms with E-state index < -0.39 is 15.0 Å². The molecule has 4 nitrogen and oxygen atoms in total. The minimum Gasteiger partial charge on any atom is -0.425 e. The molecule has 0 aliphatic heterocycles. The van der Waals surface area contributed by atoms with Crippen LogP contribution in [-0.4, -0.2) is 14.4 Å². The van der Waals surface area contributed by atoms with E-state index in [1.165, 1.54) is 19.1 Å². The van der Waals surface area contributed by atoms with Crippen LogP contribution in [0, 0.1) is 6.92 Å². The number of aryl methyl sites for hydroxylation is 1. The Morgan fingerprint density at radius 3 is 2.47 bits per heavy atom. The number of carbonyl (C=O) groups is 1. The van der Waals surface area contributed by atoms with Crippen molar-refractivity contribution in [2.45, 2.75) is 18.7 Å². The van der Waals surface area contributed by atoms with Crippen LogP contribution >= 0.6 is 10.7 Å². The Morgan fingerprint density at radius 1 is 1.40 bits per heavy atom. The molecule has 0 radical (unpaired) electrons. The average molecular weight is 249 g/mol. The highest BCUT2D eigenvalue weighted by Gasteiger charge is 2.18. The first-order chi connectivity index (χ1) is 6.80. The van der Waals surface area contributed by atoms with Gasteiger partial charge in [-0.25, -0.2) is 8.42 Å². The molecule has 6 heteroatoms. The lowest BCUT2D eigenvalue weighted by molar-refractivity contribution is -0.132. The monoisotopic (exact) mass is 248 g/mol. The van der Waals surface area contributed by atoms with E-state index in [1.807, 2.05) is 0 Å². The van der Waals surface area contributed by atoms with E-state index in [4.69, 9.17) is 15.4 Å². The summed E-state index contributed by atoms with van der Waals surface area (Å²) < 4.78 is 27.0. The second-order valence-electron chi connectivity index (χ2n) is 2.98. The van der Waals surface area contributed by atoms with E-state index in [0.29, 0.717) is 5.56 Å². The van der Waals surface area contributed by atoms with E-state index >= 15 is 0 Å². The molecule has 82 valence electrons. The minimum atomic E-state index is -3.91. The zero-order valence-corrected chi connectivity index (χ0v) is 9.72. The third kappa shape index (κ3) is 3.21. The summed E-state index contributed by atoms with van der Waals surface area (Å²) in [6, 6.07) is 4.37. The topological polar surface area (TPSA) is 60.4 Å². The average Bonchev–Trinajstić information content (AvgIpc) is 2.05. The maximum absolute atomic E-state index is 11.2. The van der Waals surface area contributed by atoms with Crippen LogP contribution in [0.5, 0.6) is 5.75 Å². The van der Waals surface area contributed by atoms with Crippen LogP contribution in [0.1, 0.15) is 12.5 Å². The second kappa shape index (κ2) is 4.20. The van der Waals surface area contributed by atoms with Gasteiger partial charge in [-0.15, -0.1) is 0 Å². The summed E-state index contributed by atoms with van der Waals surface area (Å²) >= 11 is 0. The lowest BCUT2D eigenvalue weighted by atomic mass is 10.2. The molecule has 0 spiro atoms.